The fourth-order valence-electron chi connectivity index (χ4n) is 4.43. The number of likely N-dealkylation sites (N-methyl/N-ethyl adjacent to an activating group) is 1. The molecule has 3 N–H and O–H groups in total. The molecule has 2 saturated heterocycles. The lowest BCUT2D eigenvalue weighted by atomic mass is 9.83. The number of nitrogens with zero attached hydrogens (tertiary/aromatic N) is 1. The Morgan fingerprint density at radius 3 is 2.52 bits per heavy atom. The van der Waals surface area contributed by atoms with Gasteiger partial charge in [0.1, 0.15) is 29.5 Å². The van der Waals surface area contributed by atoms with Crippen molar-refractivity contribution in [2.45, 2.75) is 80.8 Å². The van der Waals surface area contributed by atoms with Gasteiger partial charge in [0.05, 0.1) is 12.1 Å². The molecule has 8 heteroatoms. The first-order chi connectivity index (χ1) is 12.7. The molecular weight excluding hydrogens is 390 g/mol. The van der Waals surface area contributed by atoms with Crippen LogP contribution in [0.1, 0.15) is 39.5 Å². The average Bonchev–Trinajstić information content (AvgIpc) is 2.99. The van der Waals surface area contributed by atoms with Gasteiger partial charge in [0, 0.05) is 24.3 Å². The van der Waals surface area contributed by atoms with Crippen LogP contribution in [0.2, 0.25) is 0 Å². The van der Waals surface area contributed by atoms with Crippen LogP contribution >= 0.6 is 23.4 Å². The summed E-state index contributed by atoms with van der Waals surface area (Å²) < 4.78 is 5.86. The van der Waals surface area contributed by atoms with E-state index in [9.17, 15) is 20.1 Å². The molecule has 2 fully saturated rings. The highest BCUT2D eigenvalue weighted by molar-refractivity contribution is 7.99. The Bertz CT molecular complexity index is 495. The van der Waals surface area contributed by atoms with Gasteiger partial charge in [-0.3, -0.25) is 9.69 Å². The van der Waals surface area contributed by atoms with Crippen LogP contribution in [0.5, 0.6) is 0 Å². The molecule has 27 heavy (non-hydrogen) atoms. The van der Waals surface area contributed by atoms with Crippen molar-refractivity contribution < 1.29 is 24.9 Å². The fraction of sp³-hybridized carbons (Fsp3) is 0.947. The van der Waals surface area contributed by atoms with Crippen LogP contribution in [0.25, 0.3) is 0 Å². The molecule has 6 nitrogen and oxygen atoms in total. The first-order valence-electron chi connectivity index (χ1n) is 9.80. The standard InChI is InChI=1S/C19H34ClNO5S/c1-5-6-11-7-13(21(3)9-11)14(22)8-12(10(2)20)18-16(24)15(23)17(25)19(26-18)27-4/h10-13,15-19,23-25H,5-9H2,1-4H3/t10?,11-,12?,13+,15+,16-,17?,18-,19?/m1/s1. The van der Waals surface area contributed by atoms with Crippen LogP contribution in [-0.2, 0) is 9.53 Å². The lowest BCUT2D eigenvalue weighted by Gasteiger charge is -2.44. The van der Waals surface area contributed by atoms with Crippen molar-refractivity contribution in [3.63, 3.8) is 0 Å². The molecule has 0 aromatic heterocycles. The summed E-state index contributed by atoms with van der Waals surface area (Å²) in [5, 5.41) is 30.3. The fourth-order valence-corrected chi connectivity index (χ4v) is 5.34. The van der Waals surface area contributed by atoms with Crippen molar-refractivity contribution in [2.24, 2.45) is 11.8 Å². The maximum Gasteiger partial charge on any atom is 0.150 e. The third-order valence-electron chi connectivity index (χ3n) is 5.99. The lowest BCUT2D eigenvalue weighted by molar-refractivity contribution is -0.211. The minimum Gasteiger partial charge on any atom is -0.388 e. The maximum absolute atomic E-state index is 13.0. The topological polar surface area (TPSA) is 90.2 Å². The van der Waals surface area contributed by atoms with E-state index in [1.54, 1.807) is 13.2 Å². The molecule has 2 aliphatic heterocycles. The Labute approximate surface area is 171 Å². The van der Waals surface area contributed by atoms with E-state index in [4.69, 9.17) is 16.3 Å². The lowest BCUT2D eigenvalue weighted by Crippen LogP contribution is -2.59. The summed E-state index contributed by atoms with van der Waals surface area (Å²) >= 11 is 7.64. The molecule has 0 bridgehead atoms. The first-order valence-corrected chi connectivity index (χ1v) is 11.5. The van der Waals surface area contributed by atoms with Gasteiger partial charge in [0.25, 0.3) is 0 Å². The molecular formula is C19H34ClNO5S. The largest absolute Gasteiger partial charge is 0.388 e. The van der Waals surface area contributed by atoms with Gasteiger partial charge in [0.15, 0.2) is 0 Å². The summed E-state index contributed by atoms with van der Waals surface area (Å²) in [6.45, 7) is 4.86. The molecule has 9 atom stereocenters. The highest BCUT2D eigenvalue weighted by atomic mass is 35.5. The van der Waals surface area contributed by atoms with Crippen LogP contribution in [0.3, 0.4) is 0 Å². The third kappa shape index (κ3) is 5.38. The van der Waals surface area contributed by atoms with Crippen LogP contribution in [0.15, 0.2) is 0 Å². The predicted molar refractivity (Wildman–Crippen MR) is 108 cm³/mol. The summed E-state index contributed by atoms with van der Waals surface area (Å²) in [6, 6.07) is -0.132. The maximum atomic E-state index is 13.0. The number of hydrogen-bond donors (Lipinski definition) is 3. The van der Waals surface area contributed by atoms with Crippen molar-refractivity contribution in [1.82, 2.24) is 4.90 Å². The van der Waals surface area contributed by atoms with Crippen LogP contribution in [0, 0.1) is 11.8 Å². The number of alkyl halides is 1. The summed E-state index contributed by atoms with van der Waals surface area (Å²) in [5.74, 6) is 0.200. The molecule has 0 spiro atoms. The van der Waals surface area contributed by atoms with Gasteiger partial charge in [-0.1, -0.05) is 13.3 Å². The van der Waals surface area contributed by atoms with E-state index in [1.165, 1.54) is 11.8 Å². The summed E-state index contributed by atoms with van der Waals surface area (Å²) in [5.41, 5.74) is -0.662. The van der Waals surface area contributed by atoms with E-state index in [-0.39, 0.29) is 18.2 Å². The quantitative estimate of drug-likeness (QED) is 0.509. The zero-order chi connectivity index (χ0) is 20.3. The minimum atomic E-state index is -1.32. The number of ketones is 1. The first kappa shape index (κ1) is 23.4. The van der Waals surface area contributed by atoms with Gasteiger partial charge in [-0.2, -0.15) is 0 Å². The Morgan fingerprint density at radius 2 is 1.96 bits per heavy atom. The smallest absolute Gasteiger partial charge is 0.150 e. The highest BCUT2D eigenvalue weighted by Crippen LogP contribution is 2.36. The molecule has 2 rings (SSSR count). The minimum absolute atomic E-state index is 0.103. The molecule has 2 aliphatic rings. The SMILES string of the molecule is CCC[C@@H]1C[C@@H](C(=O)CC(C(C)Cl)[C@H]2OC(SC)C(O)[C@@H](O)[C@H]2O)N(C)C1. The molecule has 0 aliphatic carbocycles. The molecule has 0 saturated carbocycles. The van der Waals surface area contributed by atoms with Crippen molar-refractivity contribution in [3.8, 4) is 0 Å². The van der Waals surface area contributed by atoms with E-state index in [0.717, 1.165) is 25.8 Å². The number of carbonyl (C=O) groups excluding carboxylic acids is 1. The summed E-state index contributed by atoms with van der Waals surface area (Å²) in [6.07, 6.45) is 0.459. The summed E-state index contributed by atoms with van der Waals surface area (Å²) in [7, 11) is 1.98. The van der Waals surface area contributed by atoms with Crippen LogP contribution in [0.4, 0.5) is 0 Å². The second-order valence-corrected chi connectivity index (χ2v) is 9.66. The normalized spacial score (nSPS) is 40.1. The van der Waals surface area contributed by atoms with Crippen molar-refractivity contribution in [2.75, 3.05) is 19.8 Å². The number of aliphatic hydroxyl groups is 3. The van der Waals surface area contributed by atoms with Gasteiger partial charge in [0.2, 0.25) is 0 Å². The van der Waals surface area contributed by atoms with Crippen molar-refractivity contribution in [1.29, 1.82) is 0 Å². The van der Waals surface area contributed by atoms with E-state index in [1.807, 2.05) is 7.05 Å². The number of thioether (sulfide) groups is 1. The van der Waals surface area contributed by atoms with Gasteiger partial charge in [-0.05, 0) is 39.0 Å². The zero-order valence-corrected chi connectivity index (χ0v) is 18.2. The number of ether oxygens (including phenoxy) is 1. The summed E-state index contributed by atoms with van der Waals surface area (Å²) in [4.78, 5) is 15.1. The van der Waals surface area contributed by atoms with E-state index >= 15 is 0 Å². The van der Waals surface area contributed by atoms with E-state index in [2.05, 4.69) is 11.8 Å². The molecule has 0 amide bonds. The Hall–Kier alpha value is 0.110. The second-order valence-electron chi connectivity index (χ2n) is 8.03. The van der Waals surface area contributed by atoms with Crippen LogP contribution < -0.4 is 0 Å². The van der Waals surface area contributed by atoms with Crippen molar-refractivity contribution >= 4 is 29.1 Å². The number of halogens is 1. The van der Waals surface area contributed by atoms with Crippen molar-refractivity contribution in [3.05, 3.63) is 0 Å². The number of Topliss-reactive ketones (excluding diaryl/α,β-unsaturated/α-hetero) is 1. The zero-order valence-electron chi connectivity index (χ0n) is 16.6. The van der Waals surface area contributed by atoms with Crippen LogP contribution in [-0.4, -0.2) is 87.1 Å². The number of likely N-dealkylation sites (tertiary alicyclic amines) is 1. The van der Waals surface area contributed by atoms with Gasteiger partial charge < -0.3 is 20.1 Å². The second kappa shape index (κ2) is 10.2. The molecule has 0 aromatic rings. The number of hydrogen-bond acceptors (Lipinski definition) is 7. The highest BCUT2D eigenvalue weighted by Gasteiger charge is 2.48. The van der Waals surface area contributed by atoms with E-state index in [0.29, 0.717) is 5.92 Å². The predicted octanol–water partition coefficient (Wildman–Crippen LogP) is 1.48. The molecule has 4 unspecified atom stereocenters. The number of aliphatic hydroxyl groups excluding tert-OH is 3. The average molecular weight is 424 g/mol. The molecule has 0 aromatic carbocycles. The van der Waals surface area contributed by atoms with Gasteiger partial charge in [-0.25, -0.2) is 0 Å². The third-order valence-corrected chi connectivity index (χ3v) is 7.17. The molecule has 158 valence electrons. The Balaban J connectivity index is 2.09. The molecule has 2 heterocycles. The number of carbonyl (C=O) groups is 1. The van der Waals surface area contributed by atoms with Gasteiger partial charge >= 0.3 is 0 Å². The number of rotatable bonds is 8. The Kier molecular flexibility index (Phi) is 8.86. The molecule has 0 radical (unpaired) electrons. The van der Waals surface area contributed by atoms with E-state index < -0.39 is 41.1 Å². The Morgan fingerprint density at radius 1 is 1.30 bits per heavy atom. The monoisotopic (exact) mass is 423 g/mol. The van der Waals surface area contributed by atoms with Gasteiger partial charge in [-0.15, -0.1) is 23.4 Å².